The van der Waals surface area contributed by atoms with Gasteiger partial charge < -0.3 is 5.73 Å². The molecule has 1 aliphatic heterocycles. The minimum absolute atomic E-state index is 0.494. The van der Waals surface area contributed by atoms with Crippen molar-refractivity contribution in [3.8, 4) is 0 Å². The molecule has 0 spiro atoms. The van der Waals surface area contributed by atoms with Gasteiger partial charge in [-0.25, -0.2) is 9.98 Å². The summed E-state index contributed by atoms with van der Waals surface area (Å²) in [7, 11) is 0. The summed E-state index contributed by atoms with van der Waals surface area (Å²) in [5.41, 5.74) is 7.99. The number of halogens is 1. The Morgan fingerprint density at radius 1 is 0.950 bits per heavy atom. The third kappa shape index (κ3) is 2.06. The van der Waals surface area contributed by atoms with Gasteiger partial charge in [0.15, 0.2) is 0 Å². The van der Waals surface area contributed by atoms with Crippen molar-refractivity contribution in [2.75, 3.05) is 0 Å². The molecule has 2 aromatic rings. The molecule has 0 saturated heterocycles. The summed E-state index contributed by atoms with van der Waals surface area (Å²) in [5, 5.41) is 0. The molecule has 100 valence electrons. The minimum Gasteiger partial charge on any atom is -0.382 e. The summed E-state index contributed by atoms with van der Waals surface area (Å²) in [4.78, 5) is 9.40. The third-order valence-corrected chi connectivity index (χ3v) is 3.88. The normalized spacial score (nSPS) is 21.5. The molecule has 0 unspecified atom stereocenters. The van der Waals surface area contributed by atoms with Crippen LogP contribution in [0.5, 0.6) is 0 Å². The molecule has 3 rings (SSSR count). The molecule has 0 radical (unpaired) electrons. The van der Waals surface area contributed by atoms with Gasteiger partial charge in [-0.05, 0) is 19.1 Å². The predicted molar refractivity (Wildman–Crippen MR) is 86.1 cm³/mol. The summed E-state index contributed by atoms with van der Waals surface area (Å²) in [6.07, 6.45) is 0. The van der Waals surface area contributed by atoms with Crippen molar-refractivity contribution >= 4 is 27.5 Å². The maximum atomic E-state index is 5.97. The Balaban J connectivity index is 2.26. The van der Waals surface area contributed by atoms with Crippen LogP contribution >= 0.6 is 15.9 Å². The van der Waals surface area contributed by atoms with E-state index in [0.717, 1.165) is 21.3 Å². The summed E-state index contributed by atoms with van der Waals surface area (Å²) in [5.74, 6) is 0.494. The molecular weight excluding hydrogens is 314 g/mol. The van der Waals surface area contributed by atoms with Gasteiger partial charge in [0.05, 0.1) is 5.71 Å². The molecule has 1 aliphatic rings. The van der Waals surface area contributed by atoms with Crippen LogP contribution in [-0.4, -0.2) is 11.5 Å². The van der Waals surface area contributed by atoms with E-state index in [1.54, 1.807) is 0 Å². The van der Waals surface area contributed by atoms with Crippen molar-refractivity contribution in [1.82, 2.24) is 0 Å². The summed E-state index contributed by atoms with van der Waals surface area (Å²) in [6.45, 7) is 1.89. The number of nitrogens with zero attached hydrogens (tertiary/aromatic N) is 2. The monoisotopic (exact) mass is 327 g/mol. The van der Waals surface area contributed by atoms with Crippen LogP contribution in [0.2, 0.25) is 0 Å². The van der Waals surface area contributed by atoms with E-state index < -0.39 is 5.66 Å². The van der Waals surface area contributed by atoms with Crippen molar-refractivity contribution in [3.63, 3.8) is 0 Å². The van der Waals surface area contributed by atoms with Crippen LogP contribution in [0.4, 0.5) is 0 Å². The second-order valence-corrected chi connectivity index (χ2v) is 5.66. The van der Waals surface area contributed by atoms with Crippen molar-refractivity contribution in [2.45, 2.75) is 12.6 Å². The summed E-state index contributed by atoms with van der Waals surface area (Å²) >= 11 is 3.51. The smallest absolute Gasteiger partial charge is 0.204 e. The van der Waals surface area contributed by atoms with Gasteiger partial charge in [0.25, 0.3) is 0 Å². The largest absolute Gasteiger partial charge is 0.382 e. The first-order chi connectivity index (χ1) is 9.62. The first kappa shape index (κ1) is 13.1. The standard InChI is InChI=1S/C16H14BrN3/c1-11-15(18)20-16(19-11,12-6-3-2-4-7-12)13-8-5-9-14(17)10-13/h2-10H,1H3,(H2,18,20)/t16-/m1/s1. The zero-order valence-electron chi connectivity index (χ0n) is 11.0. The molecule has 20 heavy (non-hydrogen) atoms. The van der Waals surface area contributed by atoms with E-state index in [-0.39, 0.29) is 0 Å². The second kappa shape index (κ2) is 4.87. The van der Waals surface area contributed by atoms with Gasteiger partial charge in [0.1, 0.15) is 5.84 Å². The topological polar surface area (TPSA) is 50.7 Å². The first-order valence-corrected chi connectivity index (χ1v) is 7.15. The lowest BCUT2D eigenvalue weighted by molar-refractivity contribution is 0.587. The Hall–Kier alpha value is -1.94. The van der Waals surface area contributed by atoms with Crippen molar-refractivity contribution in [3.05, 3.63) is 70.2 Å². The molecule has 1 atom stereocenters. The Labute approximate surface area is 126 Å². The first-order valence-electron chi connectivity index (χ1n) is 6.35. The SMILES string of the molecule is CC1=N[C@@](c2ccccc2)(c2cccc(Br)c2)N=C1N. The Morgan fingerprint density at radius 3 is 2.25 bits per heavy atom. The van der Waals surface area contributed by atoms with Crippen LogP contribution in [0.3, 0.4) is 0 Å². The molecule has 2 aromatic carbocycles. The average molecular weight is 328 g/mol. The number of hydrogen-bond acceptors (Lipinski definition) is 3. The van der Waals surface area contributed by atoms with Crippen molar-refractivity contribution in [1.29, 1.82) is 0 Å². The summed E-state index contributed by atoms with van der Waals surface area (Å²) < 4.78 is 0.999. The van der Waals surface area contributed by atoms with Crippen molar-refractivity contribution < 1.29 is 0 Å². The fourth-order valence-corrected chi connectivity index (χ4v) is 2.78. The average Bonchev–Trinajstić information content (AvgIpc) is 2.77. The zero-order valence-corrected chi connectivity index (χ0v) is 12.6. The van der Waals surface area contributed by atoms with Crippen molar-refractivity contribution in [2.24, 2.45) is 15.7 Å². The van der Waals surface area contributed by atoms with Gasteiger partial charge in [0, 0.05) is 15.6 Å². The van der Waals surface area contributed by atoms with Crippen LogP contribution in [0.25, 0.3) is 0 Å². The minimum atomic E-state index is -0.765. The summed E-state index contributed by atoms with van der Waals surface area (Å²) in [6, 6.07) is 18.0. The number of rotatable bonds is 2. The van der Waals surface area contributed by atoms with Crippen LogP contribution in [0, 0.1) is 0 Å². The molecule has 0 saturated carbocycles. The highest BCUT2D eigenvalue weighted by atomic mass is 79.9. The molecule has 2 N–H and O–H groups in total. The number of amidine groups is 1. The fraction of sp³-hybridized carbons (Fsp3) is 0.125. The highest BCUT2D eigenvalue weighted by molar-refractivity contribution is 9.10. The van der Waals surface area contributed by atoms with E-state index in [1.807, 2.05) is 61.5 Å². The van der Waals surface area contributed by atoms with Gasteiger partial charge in [-0.1, -0.05) is 58.4 Å². The Bertz CT molecular complexity index is 687. The number of aliphatic imine (C=N–C) groups is 2. The maximum Gasteiger partial charge on any atom is 0.204 e. The van der Waals surface area contributed by atoms with Crippen LogP contribution < -0.4 is 5.73 Å². The highest BCUT2D eigenvalue weighted by Gasteiger charge is 2.37. The highest BCUT2D eigenvalue weighted by Crippen LogP contribution is 2.39. The molecular formula is C16H14BrN3. The van der Waals surface area contributed by atoms with E-state index >= 15 is 0 Å². The number of nitrogens with two attached hydrogens (primary N) is 1. The lowest BCUT2D eigenvalue weighted by atomic mass is 9.92. The molecule has 0 aliphatic carbocycles. The molecule has 3 nitrogen and oxygen atoms in total. The fourth-order valence-electron chi connectivity index (χ4n) is 2.38. The molecule has 1 heterocycles. The second-order valence-electron chi connectivity index (χ2n) is 4.74. The van der Waals surface area contributed by atoms with E-state index in [0.29, 0.717) is 5.84 Å². The maximum absolute atomic E-state index is 5.97. The van der Waals surface area contributed by atoms with E-state index in [2.05, 4.69) is 20.9 Å². The Kier molecular flexibility index (Phi) is 3.18. The zero-order chi connectivity index (χ0) is 14.2. The Morgan fingerprint density at radius 2 is 1.65 bits per heavy atom. The number of hydrogen-bond donors (Lipinski definition) is 1. The quantitative estimate of drug-likeness (QED) is 0.901. The van der Waals surface area contributed by atoms with Gasteiger partial charge >= 0.3 is 0 Å². The van der Waals surface area contributed by atoms with E-state index in [1.165, 1.54) is 0 Å². The van der Waals surface area contributed by atoms with Crippen LogP contribution in [-0.2, 0) is 5.66 Å². The van der Waals surface area contributed by atoms with Gasteiger partial charge in [0.2, 0.25) is 5.66 Å². The molecule has 0 aromatic heterocycles. The van der Waals surface area contributed by atoms with E-state index in [4.69, 9.17) is 10.7 Å². The molecule has 0 bridgehead atoms. The molecule has 4 heteroatoms. The lowest BCUT2D eigenvalue weighted by Gasteiger charge is -2.24. The van der Waals surface area contributed by atoms with Gasteiger partial charge in [-0.15, -0.1) is 0 Å². The van der Waals surface area contributed by atoms with Gasteiger partial charge in [-0.3, -0.25) is 0 Å². The lowest BCUT2D eigenvalue weighted by Crippen LogP contribution is -2.22. The van der Waals surface area contributed by atoms with Crippen LogP contribution in [0.15, 0.2) is 69.1 Å². The van der Waals surface area contributed by atoms with Crippen LogP contribution in [0.1, 0.15) is 18.1 Å². The predicted octanol–water partition coefficient (Wildman–Crippen LogP) is 3.48. The molecule has 0 amide bonds. The molecule has 0 fully saturated rings. The number of benzene rings is 2. The van der Waals surface area contributed by atoms with Gasteiger partial charge in [-0.2, -0.15) is 0 Å². The third-order valence-electron chi connectivity index (χ3n) is 3.39. The van der Waals surface area contributed by atoms with E-state index in [9.17, 15) is 0 Å².